The first kappa shape index (κ1) is 15.0. The van der Waals surface area contributed by atoms with E-state index in [4.69, 9.17) is 0 Å². The Morgan fingerprint density at radius 1 is 1.48 bits per heavy atom. The third-order valence-electron chi connectivity index (χ3n) is 4.71. The molecule has 0 bridgehead atoms. The fraction of sp³-hybridized carbons (Fsp3) is 0.800. The predicted octanol–water partition coefficient (Wildman–Crippen LogP) is 1.87. The van der Waals surface area contributed by atoms with Crippen LogP contribution in [0.15, 0.2) is 6.20 Å². The fourth-order valence-corrected chi connectivity index (χ4v) is 5.47. The maximum Gasteiger partial charge on any atom is 0.152 e. The number of sulfone groups is 1. The van der Waals surface area contributed by atoms with Gasteiger partial charge in [-0.15, -0.1) is 0 Å². The molecule has 0 radical (unpaired) electrons. The van der Waals surface area contributed by atoms with Gasteiger partial charge < -0.3 is 5.32 Å². The molecule has 2 atom stereocenters. The molecule has 1 saturated heterocycles. The highest BCUT2D eigenvalue weighted by molar-refractivity contribution is 7.91. The van der Waals surface area contributed by atoms with Gasteiger partial charge in [-0.1, -0.05) is 20.8 Å². The monoisotopic (exact) mass is 311 g/mol. The zero-order valence-corrected chi connectivity index (χ0v) is 13.9. The Kier molecular flexibility index (Phi) is 3.64. The Hall–Kier alpha value is -0.880. The van der Waals surface area contributed by atoms with Crippen molar-refractivity contribution in [2.75, 3.05) is 18.1 Å². The van der Waals surface area contributed by atoms with Gasteiger partial charge in [0, 0.05) is 17.3 Å². The molecule has 0 amide bonds. The number of aromatic nitrogens is 2. The second kappa shape index (κ2) is 5.09. The molecule has 1 aliphatic heterocycles. The number of fused-ring (bicyclic) bond motifs is 1. The van der Waals surface area contributed by atoms with E-state index in [1.165, 1.54) is 11.3 Å². The zero-order chi connectivity index (χ0) is 15.3. The molecule has 0 saturated carbocycles. The van der Waals surface area contributed by atoms with Gasteiger partial charge in [-0.3, -0.25) is 4.68 Å². The van der Waals surface area contributed by atoms with Crippen LogP contribution in [-0.4, -0.2) is 36.2 Å². The highest BCUT2D eigenvalue weighted by Crippen LogP contribution is 2.42. The molecule has 2 heterocycles. The molecule has 1 fully saturated rings. The molecule has 118 valence electrons. The third kappa shape index (κ3) is 2.88. The van der Waals surface area contributed by atoms with Crippen LogP contribution in [0.2, 0.25) is 0 Å². The lowest BCUT2D eigenvalue weighted by Gasteiger charge is -2.36. The molecule has 21 heavy (non-hydrogen) atoms. The molecule has 6 heteroatoms. The molecule has 1 N–H and O–H groups in total. The minimum atomic E-state index is -2.88. The van der Waals surface area contributed by atoms with Gasteiger partial charge in [-0.05, 0) is 31.2 Å². The Balaban J connectivity index is 1.96. The Morgan fingerprint density at radius 2 is 2.24 bits per heavy atom. The summed E-state index contributed by atoms with van der Waals surface area (Å²) >= 11 is 0. The van der Waals surface area contributed by atoms with E-state index >= 15 is 0 Å². The van der Waals surface area contributed by atoms with Crippen molar-refractivity contribution in [2.24, 2.45) is 5.41 Å². The van der Waals surface area contributed by atoms with Crippen molar-refractivity contribution < 1.29 is 8.42 Å². The normalized spacial score (nSPS) is 30.2. The van der Waals surface area contributed by atoms with Gasteiger partial charge in [0.15, 0.2) is 9.84 Å². The van der Waals surface area contributed by atoms with Crippen LogP contribution in [0.5, 0.6) is 0 Å². The summed E-state index contributed by atoms with van der Waals surface area (Å²) in [7, 11) is -2.88. The molecule has 0 spiro atoms. The van der Waals surface area contributed by atoms with Gasteiger partial charge in [0.2, 0.25) is 0 Å². The topological polar surface area (TPSA) is 64.0 Å². The van der Waals surface area contributed by atoms with Gasteiger partial charge >= 0.3 is 0 Å². The van der Waals surface area contributed by atoms with Crippen LogP contribution in [0.1, 0.15) is 57.0 Å². The highest BCUT2D eigenvalue weighted by Gasteiger charge is 2.38. The van der Waals surface area contributed by atoms with E-state index in [-0.39, 0.29) is 17.2 Å². The molecule has 5 nitrogen and oxygen atoms in total. The zero-order valence-electron chi connectivity index (χ0n) is 13.1. The van der Waals surface area contributed by atoms with Gasteiger partial charge in [0.1, 0.15) is 0 Å². The molecular formula is C15H25N3O2S. The Labute approximate surface area is 127 Å². The van der Waals surface area contributed by atoms with Crippen molar-refractivity contribution in [2.45, 2.75) is 52.1 Å². The van der Waals surface area contributed by atoms with E-state index in [1.807, 2.05) is 10.9 Å². The van der Waals surface area contributed by atoms with E-state index < -0.39 is 9.84 Å². The average Bonchev–Trinajstić information content (AvgIpc) is 2.91. The molecule has 3 rings (SSSR count). The number of hydrogen-bond acceptors (Lipinski definition) is 4. The first-order valence-electron chi connectivity index (χ1n) is 7.81. The number of nitrogens with zero attached hydrogens (tertiary/aromatic N) is 2. The summed E-state index contributed by atoms with van der Waals surface area (Å²) in [6, 6.07) is 0.357. The number of hydrogen-bond donors (Lipinski definition) is 1. The predicted molar refractivity (Wildman–Crippen MR) is 83.1 cm³/mol. The molecule has 0 aromatic carbocycles. The van der Waals surface area contributed by atoms with Crippen molar-refractivity contribution >= 4 is 9.84 Å². The fourth-order valence-electron chi connectivity index (χ4n) is 3.77. The Bertz CT molecular complexity index is 633. The lowest BCUT2D eigenvalue weighted by molar-refractivity contribution is 0.249. The summed E-state index contributed by atoms with van der Waals surface area (Å²) in [5.41, 5.74) is 2.72. The van der Waals surface area contributed by atoms with Crippen LogP contribution in [0.3, 0.4) is 0 Å². The largest absolute Gasteiger partial charge is 0.310 e. The smallest absolute Gasteiger partial charge is 0.152 e. The van der Waals surface area contributed by atoms with Crippen LogP contribution in [0.4, 0.5) is 0 Å². The summed E-state index contributed by atoms with van der Waals surface area (Å²) < 4.78 is 25.5. The van der Waals surface area contributed by atoms with E-state index in [0.29, 0.717) is 18.2 Å². The van der Waals surface area contributed by atoms with Gasteiger partial charge in [-0.25, -0.2) is 8.42 Å². The minimum Gasteiger partial charge on any atom is -0.310 e. The SMILES string of the molecule is CCNC1CC(C)(C)Cc2c1cnn2C1CCS(=O)(=O)C1. The lowest BCUT2D eigenvalue weighted by atomic mass is 9.74. The van der Waals surface area contributed by atoms with Crippen LogP contribution in [0, 0.1) is 5.41 Å². The third-order valence-corrected chi connectivity index (χ3v) is 6.46. The van der Waals surface area contributed by atoms with E-state index in [9.17, 15) is 8.42 Å². The van der Waals surface area contributed by atoms with Gasteiger partial charge in [0.25, 0.3) is 0 Å². The quantitative estimate of drug-likeness (QED) is 0.925. The second-order valence-corrected chi connectivity index (χ2v) is 9.43. The molecule has 1 aromatic rings. The summed E-state index contributed by atoms with van der Waals surface area (Å²) in [6.45, 7) is 7.62. The summed E-state index contributed by atoms with van der Waals surface area (Å²) in [5.74, 6) is 0.541. The Morgan fingerprint density at radius 3 is 2.86 bits per heavy atom. The maximum atomic E-state index is 11.7. The van der Waals surface area contributed by atoms with Crippen LogP contribution in [-0.2, 0) is 16.3 Å². The van der Waals surface area contributed by atoms with Crippen molar-refractivity contribution in [1.82, 2.24) is 15.1 Å². The van der Waals surface area contributed by atoms with Gasteiger partial charge in [0.05, 0.1) is 23.7 Å². The molecule has 1 aromatic heterocycles. The van der Waals surface area contributed by atoms with E-state index in [0.717, 1.165) is 19.4 Å². The first-order chi connectivity index (χ1) is 9.81. The van der Waals surface area contributed by atoms with E-state index in [2.05, 4.69) is 31.2 Å². The van der Waals surface area contributed by atoms with Crippen molar-refractivity contribution in [3.8, 4) is 0 Å². The van der Waals surface area contributed by atoms with Crippen LogP contribution in [0.25, 0.3) is 0 Å². The van der Waals surface area contributed by atoms with Crippen molar-refractivity contribution in [1.29, 1.82) is 0 Å². The number of nitrogens with one attached hydrogen (secondary N) is 1. The highest BCUT2D eigenvalue weighted by atomic mass is 32.2. The second-order valence-electron chi connectivity index (χ2n) is 7.20. The maximum absolute atomic E-state index is 11.7. The summed E-state index contributed by atoms with van der Waals surface area (Å²) in [6.07, 6.45) is 4.72. The standard InChI is InChI=1S/C15H25N3O2S/c1-4-16-13-7-15(2,3)8-14-12(13)9-17-18(14)11-5-6-21(19,20)10-11/h9,11,13,16H,4-8,10H2,1-3H3. The minimum absolute atomic E-state index is 0.0231. The van der Waals surface area contributed by atoms with Crippen molar-refractivity contribution in [3.63, 3.8) is 0 Å². The first-order valence-corrected chi connectivity index (χ1v) is 9.63. The van der Waals surface area contributed by atoms with E-state index in [1.54, 1.807) is 0 Å². The molecule has 2 unspecified atom stereocenters. The summed E-state index contributed by atoms with van der Waals surface area (Å²) in [4.78, 5) is 0. The average molecular weight is 311 g/mol. The molecule has 1 aliphatic carbocycles. The van der Waals surface area contributed by atoms with Crippen LogP contribution >= 0.6 is 0 Å². The number of rotatable bonds is 3. The molecular weight excluding hydrogens is 286 g/mol. The van der Waals surface area contributed by atoms with Crippen molar-refractivity contribution in [3.05, 3.63) is 17.5 Å². The lowest BCUT2D eigenvalue weighted by Crippen LogP contribution is -2.34. The summed E-state index contributed by atoms with van der Waals surface area (Å²) in [5, 5.41) is 8.10. The molecule has 2 aliphatic rings. The van der Waals surface area contributed by atoms with Crippen LogP contribution < -0.4 is 5.32 Å². The van der Waals surface area contributed by atoms with Gasteiger partial charge in [-0.2, -0.15) is 5.10 Å².